The first-order chi connectivity index (χ1) is 17.3. The van der Waals surface area contributed by atoms with E-state index in [-0.39, 0.29) is 11.7 Å². The van der Waals surface area contributed by atoms with Crippen LogP contribution in [0.5, 0.6) is 0 Å². The summed E-state index contributed by atoms with van der Waals surface area (Å²) < 4.78 is 15.2. The molecule has 0 spiro atoms. The monoisotopic (exact) mass is 489 g/mol. The Bertz CT molecular complexity index is 1310. The molecule has 0 radical (unpaired) electrons. The lowest BCUT2D eigenvalue weighted by Crippen LogP contribution is -2.39. The van der Waals surface area contributed by atoms with Crippen molar-refractivity contribution in [2.45, 2.75) is 39.0 Å². The van der Waals surface area contributed by atoms with Crippen molar-refractivity contribution >= 4 is 28.5 Å². The fraction of sp³-hybridized carbons (Fsp3) is 0.414. The third-order valence-electron chi connectivity index (χ3n) is 7.90. The average Bonchev–Trinajstić information content (AvgIpc) is 3.52. The summed E-state index contributed by atoms with van der Waals surface area (Å²) >= 11 is 0. The van der Waals surface area contributed by atoms with E-state index in [1.165, 1.54) is 12.1 Å². The van der Waals surface area contributed by atoms with Crippen LogP contribution < -0.4 is 0 Å². The number of benzene rings is 2. The molecule has 36 heavy (non-hydrogen) atoms. The molecule has 3 aromatic rings. The summed E-state index contributed by atoms with van der Waals surface area (Å²) in [5, 5.41) is 0.716. The van der Waals surface area contributed by atoms with Crippen molar-refractivity contribution in [1.29, 1.82) is 0 Å². The van der Waals surface area contributed by atoms with Crippen LogP contribution in [0.1, 0.15) is 57.7 Å². The summed E-state index contributed by atoms with van der Waals surface area (Å²) in [6.45, 7) is 4.49. The number of ketones is 1. The molecule has 0 aliphatic carbocycles. The summed E-state index contributed by atoms with van der Waals surface area (Å²) in [4.78, 5) is 42.8. The molecule has 2 aromatic carbocycles. The van der Waals surface area contributed by atoms with E-state index in [4.69, 9.17) is 0 Å². The van der Waals surface area contributed by atoms with Gasteiger partial charge in [0.05, 0.1) is 5.56 Å². The number of hydrogen-bond donors (Lipinski definition) is 0. The van der Waals surface area contributed by atoms with E-state index in [1.807, 2.05) is 41.6 Å². The molecule has 2 saturated heterocycles. The molecule has 5 rings (SSSR count). The van der Waals surface area contributed by atoms with Crippen LogP contribution in [0.15, 0.2) is 42.5 Å². The Morgan fingerprint density at radius 1 is 0.917 bits per heavy atom. The SMILES string of the molecule is Cc1c(C(=O)N2CCC(Cc3ccc(F)cc3)CC2)c2cc(C(=O)C(=O)N3CCCC3)ccc2n1C. The van der Waals surface area contributed by atoms with Crippen molar-refractivity contribution in [2.75, 3.05) is 26.2 Å². The second-order valence-corrected chi connectivity index (χ2v) is 10.1. The predicted molar refractivity (Wildman–Crippen MR) is 137 cm³/mol. The molecule has 1 aromatic heterocycles. The lowest BCUT2D eigenvalue weighted by molar-refractivity contribution is -0.125. The van der Waals surface area contributed by atoms with Gasteiger partial charge in [-0.15, -0.1) is 0 Å². The van der Waals surface area contributed by atoms with Crippen molar-refractivity contribution < 1.29 is 18.8 Å². The Kier molecular flexibility index (Phi) is 6.65. The minimum atomic E-state index is -0.514. The van der Waals surface area contributed by atoms with Crippen molar-refractivity contribution in [2.24, 2.45) is 13.0 Å². The standard InChI is InChI=1S/C29H32FN3O3/c1-19-26(28(35)33-15-11-21(12-16-33)17-20-5-8-23(30)9-6-20)24-18-22(7-10-25(24)31(19)2)27(34)29(36)32-13-3-4-14-32/h5-10,18,21H,3-4,11-17H2,1-2H3. The van der Waals surface area contributed by atoms with Crippen LogP contribution in [0, 0.1) is 18.7 Å². The van der Waals surface area contributed by atoms with Crippen LogP contribution in [-0.4, -0.2) is 58.1 Å². The average molecular weight is 490 g/mol. The zero-order chi connectivity index (χ0) is 25.4. The molecule has 2 aliphatic heterocycles. The fourth-order valence-corrected chi connectivity index (χ4v) is 5.62. The number of likely N-dealkylation sites (tertiary alicyclic amines) is 2. The molecule has 0 unspecified atom stereocenters. The van der Waals surface area contributed by atoms with Crippen molar-refractivity contribution in [3.05, 3.63) is 70.7 Å². The van der Waals surface area contributed by atoms with Gasteiger partial charge in [0, 0.05) is 55.4 Å². The van der Waals surface area contributed by atoms with E-state index >= 15 is 0 Å². The van der Waals surface area contributed by atoms with E-state index in [0.717, 1.165) is 48.9 Å². The number of carbonyl (C=O) groups excluding carboxylic acids is 3. The van der Waals surface area contributed by atoms with Crippen molar-refractivity contribution in [1.82, 2.24) is 14.4 Å². The Balaban J connectivity index is 1.34. The first-order valence-corrected chi connectivity index (χ1v) is 12.8. The van der Waals surface area contributed by atoms with Crippen LogP contribution in [0.3, 0.4) is 0 Å². The van der Waals surface area contributed by atoms with Crippen molar-refractivity contribution in [3.8, 4) is 0 Å². The molecular weight excluding hydrogens is 457 g/mol. The molecule has 0 bridgehead atoms. The van der Waals surface area contributed by atoms with E-state index in [0.29, 0.717) is 48.6 Å². The maximum absolute atomic E-state index is 13.7. The largest absolute Gasteiger partial charge is 0.347 e. The molecular formula is C29H32FN3O3. The molecule has 0 N–H and O–H groups in total. The van der Waals surface area contributed by atoms with E-state index in [9.17, 15) is 18.8 Å². The van der Waals surface area contributed by atoms with Gasteiger partial charge < -0.3 is 14.4 Å². The highest BCUT2D eigenvalue weighted by Gasteiger charge is 2.30. The number of aromatic nitrogens is 1. The summed E-state index contributed by atoms with van der Waals surface area (Å²) in [7, 11) is 1.92. The molecule has 7 heteroatoms. The minimum Gasteiger partial charge on any atom is -0.347 e. The molecule has 2 aliphatic rings. The van der Waals surface area contributed by atoms with Gasteiger partial charge >= 0.3 is 0 Å². The predicted octanol–water partition coefficient (Wildman–Crippen LogP) is 4.53. The third kappa shape index (κ3) is 4.54. The number of amides is 2. The summed E-state index contributed by atoms with van der Waals surface area (Å²) in [5.74, 6) is -0.784. The summed E-state index contributed by atoms with van der Waals surface area (Å²) in [5.41, 5.74) is 3.77. The molecule has 6 nitrogen and oxygen atoms in total. The number of piperidine rings is 1. The summed E-state index contributed by atoms with van der Waals surface area (Å²) in [6.07, 6.45) is 4.51. The maximum Gasteiger partial charge on any atom is 0.294 e. The minimum absolute atomic E-state index is 0.0335. The molecule has 2 fully saturated rings. The molecule has 3 heterocycles. The smallest absolute Gasteiger partial charge is 0.294 e. The molecule has 188 valence electrons. The fourth-order valence-electron chi connectivity index (χ4n) is 5.62. The molecule has 0 saturated carbocycles. The number of hydrogen-bond acceptors (Lipinski definition) is 3. The zero-order valence-electron chi connectivity index (χ0n) is 20.9. The van der Waals surface area contributed by atoms with Gasteiger partial charge in [-0.1, -0.05) is 12.1 Å². The van der Waals surface area contributed by atoms with Gasteiger partial charge in [-0.3, -0.25) is 14.4 Å². The second-order valence-electron chi connectivity index (χ2n) is 10.1. The van der Waals surface area contributed by atoms with Gasteiger partial charge in [0.2, 0.25) is 5.78 Å². The van der Waals surface area contributed by atoms with Crippen LogP contribution in [-0.2, 0) is 18.3 Å². The number of rotatable bonds is 5. The van der Waals surface area contributed by atoms with Crippen LogP contribution in [0.2, 0.25) is 0 Å². The summed E-state index contributed by atoms with van der Waals surface area (Å²) in [6, 6.07) is 11.9. The first-order valence-electron chi connectivity index (χ1n) is 12.8. The van der Waals surface area contributed by atoms with Crippen molar-refractivity contribution in [3.63, 3.8) is 0 Å². The van der Waals surface area contributed by atoms with Crippen LogP contribution in [0.4, 0.5) is 4.39 Å². The normalized spacial score (nSPS) is 16.6. The van der Waals surface area contributed by atoms with E-state index in [1.54, 1.807) is 17.0 Å². The lowest BCUT2D eigenvalue weighted by atomic mass is 9.90. The van der Waals surface area contributed by atoms with E-state index in [2.05, 4.69) is 0 Å². The Morgan fingerprint density at radius 3 is 2.25 bits per heavy atom. The Hall–Kier alpha value is -3.48. The second kappa shape index (κ2) is 9.88. The zero-order valence-corrected chi connectivity index (χ0v) is 20.9. The van der Waals surface area contributed by atoms with Gasteiger partial charge in [-0.2, -0.15) is 0 Å². The Labute approximate surface area is 210 Å². The lowest BCUT2D eigenvalue weighted by Gasteiger charge is -2.32. The third-order valence-corrected chi connectivity index (χ3v) is 7.90. The topological polar surface area (TPSA) is 62.6 Å². The maximum atomic E-state index is 13.7. The van der Waals surface area contributed by atoms with Gasteiger partial charge in [0.15, 0.2) is 0 Å². The highest BCUT2D eigenvalue weighted by Crippen LogP contribution is 2.30. The number of halogens is 1. The molecule has 0 atom stereocenters. The highest BCUT2D eigenvalue weighted by atomic mass is 19.1. The number of carbonyl (C=O) groups is 3. The van der Waals surface area contributed by atoms with E-state index < -0.39 is 11.7 Å². The Morgan fingerprint density at radius 2 is 1.58 bits per heavy atom. The number of Topliss-reactive ketones (excluding diaryl/α,β-unsaturated/α-hetero) is 1. The number of fused-ring (bicyclic) bond motifs is 1. The highest BCUT2D eigenvalue weighted by molar-refractivity contribution is 6.43. The quantitative estimate of drug-likeness (QED) is 0.391. The van der Waals surface area contributed by atoms with Crippen LogP contribution >= 0.6 is 0 Å². The van der Waals surface area contributed by atoms with Crippen LogP contribution in [0.25, 0.3) is 10.9 Å². The number of aryl methyl sites for hydroxylation is 1. The van der Waals surface area contributed by atoms with Gasteiger partial charge in [-0.05, 0) is 80.8 Å². The number of nitrogens with zero attached hydrogens (tertiary/aromatic N) is 3. The first kappa shape index (κ1) is 24.2. The van der Waals surface area contributed by atoms with Gasteiger partial charge in [0.25, 0.3) is 11.8 Å². The van der Waals surface area contributed by atoms with Gasteiger partial charge in [-0.25, -0.2) is 4.39 Å². The molecule has 2 amide bonds. The van der Waals surface area contributed by atoms with Gasteiger partial charge in [0.1, 0.15) is 5.82 Å².